The summed E-state index contributed by atoms with van der Waals surface area (Å²) in [6.45, 7) is 2.14. The Morgan fingerprint density at radius 1 is 1.19 bits per heavy atom. The molecule has 0 saturated heterocycles. The van der Waals surface area contributed by atoms with Gasteiger partial charge in [0.25, 0.3) is 5.91 Å². The van der Waals surface area contributed by atoms with Crippen molar-refractivity contribution in [1.82, 2.24) is 24.6 Å². The van der Waals surface area contributed by atoms with E-state index in [1.54, 1.807) is 19.1 Å². The molecule has 0 N–H and O–H groups in total. The zero-order chi connectivity index (χ0) is 23.0. The molecule has 1 amide bonds. The van der Waals surface area contributed by atoms with Crippen LogP contribution in [-0.4, -0.2) is 37.1 Å². The molecule has 0 bridgehead atoms. The van der Waals surface area contributed by atoms with Gasteiger partial charge in [-0.15, -0.1) is 0 Å². The number of amides is 1. The van der Waals surface area contributed by atoms with Gasteiger partial charge in [-0.05, 0) is 56.0 Å². The zero-order valence-corrected chi connectivity index (χ0v) is 18.4. The number of benzene rings is 1. The fraction of sp³-hybridized carbons (Fsp3) is 0.333. The largest absolute Gasteiger partial charge is 0.416 e. The normalized spacial score (nSPS) is 14.9. The quantitative estimate of drug-likeness (QED) is 0.457. The van der Waals surface area contributed by atoms with Crippen molar-refractivity contribution in [3.8, 4) is 5.82 Å². The number of halogens is 5. The van der Waals surface area contributed by atoms with Crippen LogP contribution in [0.3, 0.4) is 0 Å². The molecule has 1 saturated carbocycles. The van der Waals surface area contributed by atoms with Crippen LogP contribution in [0.2, 0.25) is 10.0 Å². The zero-order valence-electron chi connectivity index (χ0n) is 16.9. The first kappa shape index (κ1) is 22.5. The standard InChI is InChI=1S/C21H18Cl2F3N5O/c1-12(19-28-11-29-31(19)18-5-4-16(22)9-27-18)30(10-13-2-3-13)20(32)14-6-15(21(24,25)26)8-17(23)7-14/h4-9,11-13H,2-3,10H2,1H3. The molecule has 11 heteroatoms. The van der Waals surface area contributed by atoms with Gasteiger partial charge in [0.15, 0.2) is 11.6 Å². The van der Waals surface area contributed by atoms with Crippen molar-refractivity contribution in [1.29, 1.82) is 0 Å². The van der Waals surface area contributed by atoms with Crippen molar-refractivity contribution in [2.75, 3.05) is 6.54 Å². The number of alkyl halides is 3. The highest BCUT2D eigenvalue weighted by molar-refractivity contribution is 6.31. The van der Waals surface area contributed by atoms with Crippen molar-refractivity contribution in [2.24, 2.45) is 5.92 Å². The van der Waals surface area contributed by atoms with Crippen LogP contribution in [-0.2, 0) is 6.18 Å². The van der Waals surface area contributed by atoms with Crippen LogP contribution < -0.4 is 0 Å². The first-order chi connectivity index (χ1) is 15.1. The molecule has 1 aliphatic carbocycles. The summed E-state index contributed by atoms with van der Waals surface area (Å²) in [5, 5.41) is 4.50. The summed E-state index contributed by atoms with van der Waals surface area (Å²) < 4.78 is 41.3. The molecule has 2 heterocycles. The van der Waals surface area contributed by atoms with Crippen LogP contribution in [0, 0.1) is 5.92 Å². The van der Waals surface area contributed by atoms with Gasteiger partial charge in [0, 0.05) is 23.3 Å². The first-order valence-electron chi connectivity index (χ1n) is 9.84. The summed E-state index contributed by atoms with van der Waals surface area (Å²) >= 11 is 11.8. The molecule has 2 aromatic heterocycles. The highest BCUT2D eigenvalue weighted by atomic mass is 35.5. The van der Waals surface area contributed by atoms with Gasteiger partial charge in [-0.2, -0.15) is 23.0 Å². The second-order valence-corrected chi connectivity index (χ2v) is 8.54. The molecule has 0 spiro atoms. The Bertz CT molecular complexity index is 1130. The molecule has 0 aliphatic heterocycles. The Hall–Kier alpha value is -2.65. The van der Waals surface area contributed by atoms with Gasteiger partial charge >= 0.3 is 6.18 Å². The van der Waals surface area contributed by atoms with Gasteiger partial charge < -0.3 is 4.90 Å². The SMILES string of the molecule is CC(c1ncnn1-c1ccc(Cl)cn1)N(CC1CC1)C(=O)c1cc(Cl)cc(C(F)(F)F)c1. The van der Waals surface area contributed by atoms with Gasteiger partial charge in [-0.3, -0.25) is 4.79 Å². The van der Waals surface area contributed by atoms with E-state index < -0.39 is 23.7 Å². The summed E-state index contributed by atoms with van der Waals surface area (Å²) in [5.74, 6) is 0.602. The smallest absolute Gasteiger partial charge is 0.328 e. The lowest BCUT2D eigenvalue weighted by Crippen LogP contribution is -2.36. The molecule has 1 aromatic carbocycles. The first-order valence-corrected chi connectivity index (χ1v) is 10.6. The predicted molar refractivity (Wildman–Crippen MR) is 113 cm³/mol. The van der Waals surface area contributed by atoms with E-state index in [1.165, 1.54) is 28.2 Å². The van der Waals surface area contributed by atoms with E-state index in [1.807, 2.05) is 0 Å². The summed E-state index contributed by atoms with van der Waals surface area (Å²) in [6, 6.07) is 5.60. The van der Waals surface area contributed by atoms with Gasteiger partial charge in [-0.1, -0.05) is 23.2 Å². The third-order valence-electron chi connectivity index (χ3n) is 5.23. The number of carbonyl (C=O) groups is 1. The van der Waals surface area contributed by atoms with Gasteiger partial charge in [-0.25, -0.2) is 9.97 Å². The Morgan fingerprint density at radius 2 is 1.94 bits per heavy atom. The molecule has 1 atom stereocenters. The Labute approximate surface area is 192 Å². The number of carbonyl (C=O) groups excluding carboxylic acids is 1. The van der Waals surface area contributed by atoms with Crippen LogP contribution in [0.4, 0.5) is 13.2 Å². The van der Waals surface area contributed by atoms with Gasteiger partial charge in [0.05, 0.1) is 16.6 Å². The van der Waals surface area contributed by atoms with E-state index in [2.05, 4.69) is 15.1 Å². The van der Waals surface area contributed by atoms with Crippen molar-refractivity contribution in [3.63, 3.8) is 0 Å². The molecule has 168 valence electrons. The minimum atomic E-state index is -4.62. The van der Waals surface area contributed by atoms with Crippen molar-refractivity contribution >= 4 is 29.1 Å². The molecule has 4 rings (SSSR count). The second-order valence-electron chi connectivity index (χ2n) is 7.67. The molecule has 6 nitrogen and oxygen atoms in total. The average molecular weight is 484 g/mol. The molecule has 3 aromatic rings. The summed E-state index contributed by atoms with van der Waals surface area (Å²) in [7, 11) is 0. The summed E-state index contributed by atoms with van der Waals surface area (Å²) in [6.07, 6.45) is 0.0810. The van der Waals surface area contributed by atoms with E-state index >= 15 is 0 Å². The van der Waals surface area contributed by atoms with Crippen LogP contribution in [0.1, 0.15) is 47.6 Å². The average Bonchev–Trinajstić information content (AvgIpc) is 3.43. The predicted octanol–water partition coefficient (Wildman–Crippen LogP) is 5.60. The number of pyridine rings is 1. The monoisotopic (exact) mass is 483 g/mol. The maximum Gasteiger partial charge on any atom is 0.416 e. The molecule has 0 radical (unpaired) electrons. The van der Waals surface area contributed by atoms with E-state index in [0.717, 1.165) is 25.0 Å². The number of rotatable bonds is 6. The lowest BCUT2D eigenvalue weighted by atomic mass is 10.1. The minimum absolute atomic E-state index is 0.131. The lowest BCUT2D eigenvalue weighted by molar-refractivity contribution is -0.137. The summed E-state index contributed by atoms with van der Waals surface area (Å²) in [5.41, 5.74) is -1.10. The van der Waals surface area contributed by atoms with Crippen LogP contribution in [0.15, 0.2) is 42.9 Å². The van der Waals surface area contributed by atoms with Gasteiger partial charge in [0.2, 0.25) is 0 Å². The minimum Gasteiger partial charge on any atom is -0.328 e. The summed E-state index contributed by atoms with van der Waals surface area (Å²) in [4.78, 5) is 23.4. The van der Waals surface area contributed by atoms with E-state index in [-0.39, 0.29) is 16.5 Å². The van der Waals surface area contributed by atoms with E-state index in [4.69, 9.17) is 23.2 Å². The number of hydrogen-bond acceptors (Lipinski definition) is 4. The number of hydrogen-bond donors (Lipinski definition) is 0. The topological polar surface area (TPSA) is 63.9 Å². The molecule has 32 heavy (non-hydrogen) atoms. The fourth-order valence-electron chi connectivity index (χ4n) is 3.38. The van der Waals surface area contributed by atoms with Crippen molar-refractivity contribution in [2.45, 2.75) is 32.0 Å². The second kappa shape index (κ2) is 8.71. The van der Waals surface area contributed by atoms with Crippen molar-refractivity contribution in [3.05, 3.63) is 69.9 Å². The highest BCUT2D eigenvalue weighted by Crippen LogP contribution is 2.35. The van der Waals surface area contributed by atoms with Crippen molar-refractivity contribution < 1.29 is 18.0 Å². The maximum absolute atomic E-state index is 13.4. The highest BCUT2D eigenvalue weighted by Gasteiger charge is 2.35. The Kier molecular flexibility index (Phi) is 6.13. The van der Waals surface area contributed by atoms with Crippen LogP contribution >= 0.6 is 23.2 Å². The third kappa shape index (κ3) is 4.88. The molecule has 1 aliphatic rings. The van der Waals surface area contributed by atoms with E-state index in [0.29, 0.717) is 23.2 Å². The Morgan fingerprint density at radius 3 is 2.56 bits per heavy atom. The lowest BCUT2D eigenvalue weighted by Gasteiger charge is -2.29. The molecular formula is C21H18Cl2F3N5O. The number of aromatic nitrogens is 4. The maximum atomic E-state index is 13.4. The Balaban J connectivity index is 1.70. The van der Waals surface area contributed by atoms with Crippen LogP contribution in [0.25, 0.3) is 5.82 Å². The third-order valence-corrected chi connectivity index (χ3v) is 5.67. The van der Waals surface area contributed by atoms with Crippen LogP contribution in [0.5, 0.6) is 0 Å². The molecule has 1 unspecified atom stereocenters. The molecule has 1 fully saturated rings. The number of nitrogens with zero attached hydrogens (tertiary/aromatic N) is 5. The fourth-order valence-corrected chi connectivity index (χ4v) is 3.73. The molecular weight excluding hydrogens is 466 g/mol. The van der Waals surface area contributed by atoms with E-state index in [9.17, 15) is 18.0 Å². The van der Waals surface area contributed by atoms with Gasteiger partial charge in [0.1, 0.15) is 6.33 Å².